The average molecular weight is 254 g/mol. The number of thiophene rings is 1. The summed E-state index contributed by atoms with van der Waals surface area (Å²) in [5.41, 5.74) is 0.370. The van der Waals surface area contributed by atoms with E-state index in [4.69, 9.17) is 15.1 Å². The molecule has 0 bridgehead atoms. The van der Waals surface area contributed by atoms with Gasteiger partial charge in [-0.1, -0.05) is 0 Å². The molecular formula is C10H10N2O4S. The van der Waals surface area contributed by atoms with E-state index in [1.54, 1.807) is 11.4 Å². The third-order valence-electron chi connectivity index (χ3n) is 1.85. The summed E-state index contributed by atoms with van der Waals surface area (Å²) in [6, 6.07) is 3.51. The number of carboxylic acid groups (broad SMARTS) is 1. The van der Waals surface area contributed by atoms with E-state index in [0.717, 1.165) is 0 Å². The first kappa shape index (κ1) is 13.2. The number of carbonyl (C=O) groups excluding carboxylic acids is 1. The minimum atomic E-state index is -1.13. The Hall–Kier alpha value is -1.91. The molecule has 0 radical (unpaired) electrons. The smallest absolute Gasteiger partial charge is 0.332 e. The maximum absolute atomic E-state index is 11.4. The van der Waals surface area contributed by atoms with Gasteiger partial charge in [0, 0.05) is 0 Å². The van der Waals surface area contributed by atoms with Gasteiger partial charge < -0.3 is 15.2 Å². The van der Waals surface area contributed by atoms with Crippen LogP contribution in [0.2, 0.25) is 0 Å². The Balaban J connectivity index is 2.46. The number of carbonyl (C=O) groups is 2. The summed E-state index contributed by atoms with van der Waals surface area (Å²) >= 11 is 1.22. The van der Waals surface area contributed by atoms with Crippen LogP contribution >= 0.6 is 11.3 Å². The van der Waals surface area contributed by atoms with Crippen molar-refractivity contribution < 1.29 is 19.4 Å². The van der Waals surface area contributed by atoms with Crippen molar-refractivity contribution in [3.05, 3.63) is 17.0 Å². The van der Waals surface area contributed by atoms with Crippen molar-refractivity contribution in [2.24, 2.45) is 0 Å². The van der Waals surface area contributed by atoms with Gasteiger partial charge in [0.25, 0.3) is 5.91 Å². The highest BCUT2D eigenvalue weighted by Gasteiger charge is 2.14. The zero-order chi connectivity index (χ0) is 12.8. The highest BCUT2D eigenvalue weighted by Crippen LogP contribution is 2.21. The summed E-state index contributed by atoms with van der Waals surface area (Å²) in [5.74, 6) is -1.62. The molecule has 1 atom stereocenters. The van der Waals surface area contributed by atoms with Crippen LogP contribution < -0.4 is 5.32 Å². The van der Waals surface area contributed by atoms with Crippen LogP contribution in [0.5, 0.6) is 0 Å². The molecule has 0 fully saturated rings. The fourth-order valence-electron chi connectivity index (χ4n) is 0.929. The molecule has 0 aliphatic carbocycles. The van der Waals surface area contributed by atoms with Crippen molar-refractivity contribution in [1.29, 1.82) is 5.26 Å². The van der Waals surface area contributed by atoms with Crippen molar-refractivity contribution in [3.8, 4) is 6.07 Å². The van der Waals surface area contributed by atoms with Crippen LogP contribution in [0.4, 0.5) is 5.00 Å². The standard InChI is InChI=1S/C10H10N2O4S/c1-6(10(14)15)16-5-8(13)12-9-7(4-11)2-3-17-9/h2-3,6H,5H2,1H3,(H,12,13)(H,14,15)/t6-/m0/s1. The molecular weight excluding hydrogens is 244 g/mol. The lowest BCUT2D eigenvalue weighted by atomic mass is 10.3. The Kier molecular flexibility index (Phi) is 4.63. The van der Waals surface area contributed by atoms with Crippen molar-refractivity contribution in [2.75, 3.05) is 11.9 Å². The molecule has 1 amide bonds. The molecule has 1 rings (SSSR count). The molecule has 1 heterocycles. The lowest BCUT2D eigenvalue weighted by Crippen LogP contribution is -2.26. The topological polar surface area (TPSA) is 99.4 Å². The Morgan fingerprint density at radius 1 is 1.71 bits per heavy atom. The van der Waals surface area contributed by atoms with Crippen molar-refractivity contribution in [3.63, 3.8) is 0 Å². The monoisotopic (exact) mass is 254 g/mol. The number of carboxylic acids is 1. The molecule has 0 aliphatic rings. The SMILES string of the molecule is C[C@H](OCC(=O)Nc1sccc1C#N)C(=O)O. The number of hydrogen-bond acceptors (Lipinski definition) is 5. The van der Waals surface area contributed by atoms with E-state index in [0.29, 0.717) is 10.6 Å². The maximum atomic E-state index is 11.4. The van der Waals surface area contributed by atoms with Crippen LogP contribution in [0.3, 0.4) is 0 Å². The van der Waals surface area contributed by atoms with Crippen LogP contribution in [-0.4, -0.2) is 29.7 Å². The van der Waals surface area contributed by atoms with Gasteiger partial charge in [-0.2, -0.15) is 5.26 Å². The Morgan fingerprint density at radius 3 is 3.00 bits per heavy atom. The summed E-state index contributed by atoms with van der Waals surface area (Å²) < 4.78 is 4.80. The van der Waals surface area contributed by atoms with Gasteiger partial charge in [0.15, 0.2) is 6.10 Å². The normalized spacial score (nSPS) is 11.5. The molecule has 0 unspecified atom stereocenters. The first-order valence-corrected chi connectivity index (χ1v) is 5.54. The Labute approximate surface area is 101 Å². The number of nitrogens with zero attached hydrogens (tertiary/aromatic N) is 1. The molecule has 0 saturated heterocycles. The van der Waals surface area contributed by atoms with E-state index in [9.17, 15) is 9.59 Å². The zero-order valence-corrected chi connectivity index (χ0v) is 9.78. The van der Waals surface area contributed by atoms with E-state index in [1.807, 2.05) is 6.07 Å². The third kappa shape index (κ3) is 3.86. The molecule has 6 nitrogen and oxygen atoms in total. The van der Waals surface area contributed by atoms with Gasteiger partial charge in [0.05, 0.1) is 5.56 Å². The number of nitrogens with one attached hydrogen (secondary N) is 1. The van der Waals surface area contributed by atoms with Crippen molar-refractivity contribution in [1.82, 2.24) is 0 Å². The lowest BCUT2D eigenvalue weighted by molar-refractivity contribution is -0.150. The zero-order valence-electron chi connectivity index (χ0n) is 8.97. The fraction of sp³-hybridized carbons (Fsp3) is 0.300. The molecule has 90 valence electrons. The van der Waals surface area contributed by atoms with E-state index in [-0.39, 0.29) is 6.61 Å². The number of amides is 1. The van der Waals surface area contributed by atoms with Gasteiger partial charge in [-0.15, -0.1) is 11.3 Å². The van der Waals surface area contributed by atoms with Gasteiger partial charge >= 0.3 is 5.97 Å². The van der Waals surface area contributed by atoms with Crippen LogP contribution in [0.15, 0.2) is 11.4 Å². The number of nitriles is 1. The summed E-state index contributed by atoms with van der Waals surface area (Å²) in [6.45, 7) is 0.970. The second-order valence-corrected chi connectivity index (χ2v) is 4.03. The Bertz CT molecular complexity index is 463. The molecule has 0 aromatic carbocycles. The summed E-state index contributed by atoms with van der Waals surface area (Å²) in [7, 11) is 0. The van der Waals surface area contributed by atoms with Crippen LogP contribution in [-0.2, 0) is 14.3 Å². The molecule has 17 heavy (non-hydrogen) atoms. The minimum absolute atomic E-state index is 0.365. The molecule has 1 aromatic rings. The lowest BCUT2D eigenvalue weighted by Gasteiger charge is -2.08. The minimum Gasteiger partial charge on any atom is -0.479 e. The highest BCUT2D eigenvalue weighted by molar-refractivity contribution is 7.14. The highest BCUT2D eigenvalue weighted by atomic mass is 32.1. The predicted octanol–water partition coefficient (Wildman–Crippen LogP) is 1.05. The first-order valence-electron chi connectivity index (χ1n) is 4.66. The quantitative estimate of drug-likeness (QED) is 0.818. The molecule has 0 aliphatic heterocycles. The maximum Gasteiger partial charge on any atom is 0.332 e. The van der Waals surface area contributed by atoms with E-state index < -0.39 is 18.0 Å². The van der Waals surface area contributed by atoms with Gasteiger partial charge in [0.1, 0.15) is 17.7 Å². The van der Waals surface area contributed by atoms with E-state index in [2.05, 4.69) is 5.32 Å². The van der Waals surface area contributed by atoms with Gasteiger partial charge in [-0.25, -0.2) is 4.79 Å². The van der Waals surface area contributed by atoms with Gasteiger partial charge in [0.2, 0.25) is 0 Å². The molecule has 2 N–H and O–H groups in total. The first-order chi connectivity index (χ1) is 8.04. The average Bonchev–Trinajstić information content (AvgIpc) is 2.72. The summed E-state index contributed by atoms with van der Waals surface area (Å²) in [5, 5.41) is 21.8. The van der Waals surface area contributed by atoms with E-state index >= 15 is 0 Å². The predicted molar refractivity (Wildman–Crippen MR) is 60.7 cm³/mol. The van der Waals surface area contributed by atoms with Gasteiger partial charge in [-0.05, 0) is 18.4 Å². The number of hydrogen-bond donors (Lipinski definition) is 2. The molecule has 1 aromatic heterocycles. The number of rotatable bonds is 5. The van der Waals surface area contributed by atoms with Gasteiger partial charge in [-0.3, -0.25) is 4.79 Å². The second-order valence-electron chi connectivity index (χ2n) is 3.11. The van der Waals surface area contributed by atoms with Crippen LogP contribution in [0.25, 0.3) is 0 Å². The second kappa shape index (κ2) is 5.98. The molecule has 7 heteroatoms. The van der Waals surface area contributed by atoms with E-state index in [1.165, 1.54) is 18.3 Å². The van der Waals surface area contributed by atoms with Crippen LogP contribution in [0, 0.1) is 11.3 Å². The summed E-state index contributed by atoms with van der Waals surface area (Å²) in [6.07, 6.45) is -1.04. The molecule has 0 spiro atoms. The van der Waals surface area contributed by atoms with Crippen LogP contribution in [0.1, 0.15) is 12.5 Å². The van der Waals surface area contributed by atoms with Crippen molar-refractivity contribution >= 4 is 28.2 Å². The largest absolute Gasteiger partial charge is 0.479 e. The number of aliphatic carboxylic acids is 1. The summed E-state index contributed by atoms with van der Waals surface area (Å²) in [4.78, 5) is 21.8. The molecule has 0 saturated carbocycles. The third-order valence-corrected chi connectivity index (χ3v) is 2.68. The number of ether oxygens (including phenoxy) is 1. The fourth-order valence-corrected chi connectivity index (χ4v) is 1.68. The van der Waals surface area contributed by atoms with Crippen molar-refractivity contribution in [2.45, 2.75) is 13.0 Å². The number of anilines is 1. The Morgan fingerprint density at radius 2 is 2.41 bits per heavy atom.